The maximum absolute atomic E-state index is 12.8. The summed E-state index contributed by atoms with van der Waals surface area (Å²) in [5.74, 6) is 3.10. The van der Waals surface area contributed by atoms with Gasteiger partial charge in [-0.1, -0.05) is 18.2 Å². The van der Waals surface area contributed by atoms with Crippen LogP contribution in [0.3, 0.4) is 0 Å². The molecule has 0 radical (unpaired) electrons. The SMILES string of the molecule is COc1ccc(/C=C2\Oc3cc(OCc4ccccc4OC)ccc3C2=O)c(OC)c1. The van der Waals surface area contributed by atoms with E-state index >= 15 is 0 Å². The van der Waals surface area contributed by atoms with Crippen molar-refractivity contribution in [3.05, 3.63) is 83.1 Å². The van der Waals surface area contributed by atoms with Gasteiger partial charge >= 0.3 is 0 Å². The van der Waals surface area contributed by atoms with E-state index in [4.69, 9.17) is 23.7 Å². The van der Waals surface area contributed by atoms with E-state index in [0.717, 1.165) is 11.3 Å². The Labute approximate surface area is 180 Å². The van der Waals surface area contributed by atoms with Crippen molar-refractivity contribution in [2.45, 2.75) is 6.61 Å². The molecule has 0 aromatic heterocycles. The monoisotopic (exact) mass is 418 g/mol. The summed E-state index contributed by atoms with van der Waals surface area (Å²) < 4.78 is 27.7. The number of rotatable bonds is 7. The molecule has 1 aliphatic heterocycles. The van der Waals surface area contributed by atoms with Crippen LogP contribution in [0.1, 0.15) is 21.5 Å². The first kappa shape index (κ1) is 20.3. The third-order valence-corrected chi connectivity index (χ3v) is 4.96. The summed E-state index contributed by atoms with van der Waals surface area (Å²) in [4.78, 5) is 12.8. The second kappa shape index (κ2) is 8.83. The average molecular weight is 418 g/mol. The lowest BCUT2D eigenvalue weighted by Gasteiger charge is -2.10. The van der Waals surface area contributed by atoms with E-state index in [-0.39, 0.29) is 11.5 Å². The van der Waals surface area contributed by atoms with Crippen molar-refractivity contribution in [3.8, 4) is 28.7 Å². The van der Waals surface area contributed by atoms with E-state index in [1.165, 1.54) is 0 Å². The first-order chi connectivity index (χ1) is 15.1. The maximum Gasteiger partial charge on any atom is 0.231 e. The zero-order valence-corrected chi connectivity index (χ0v) is 17.5. The Bertz CT molecular complexity index is 1150. The number of hydrogen-bond acceptors (Lipinski definition) is 6. The van der Waals surface area contributed by atoms with E-state index < -0.39 is 0 Å². The second-order valence-electron chi connectivity index (χ2n) is 6.81. The molecule has 0 aliphatic carbocycles. The number of allylic oxidation sites excluding steroid dienone is 1. The second-order valence-corrected chi connectivity index (χ2v) is 6.81. The number of benzene rings is 3. The minimum atomic E-state index is -0.191. The molecule has 0 saturated heterocycles. The molecule has 0 bridgehead atoms. The van der Waals surface area contributed by atoms with Gasteiger partial charge in [0.05, 0.1) is 26.9 Å². The molecule has 0 atom stereocenters. The summed E-state index contributed by atoms with van der Waals surface area (Å²) in [5, 5.41) is 0. The van der Waals surface area contributed by atoms with Crippen LogP contribution in [-0.4, -0.2) is 27.1 Å². The number of hydrogen-bond donors (Lipinski definition) is 0. The number of Topliss-reactive ketones (excluding diaryl/α,β-unsaturated/α-hetero) is 1. The molecule has 158 valence electrons. The van der Waals surface area contributed by atoms with Crippen LogP contribution < -0.4 is 23.7 Å². The Morgan fingerprint density at radius 1 is 0.839 bits per heavy atom. The number of ether oxygens (including phenoxy) is 5. The van der Waals surface area contributed by atoms with Gasteiger partial charge in [-0.2, -0.15) is 0 Å². The van der Waals surface area contributed by atoms with Crippen LogP contribution in [0, 0.1) is 0 Å². The topological polar surface area (TPSA) is 63.2 Å². The van der Waals surface area contributed by atoms with Gasteiger partial charge in [-0.15, -0.1) is 0 Å². The Hall–Kier alpha value is -3.93. The third kappa shape index (κ3) is 4.19. The highest BCUT2D eigenvalue weighted by Gasteiger charge is 2.28. The predicted octanol–water partition coefficient (Wildman–Crippen LogP) is 4.91. The van der Waals surface area contributed by atoms with Crippen LogP contribution in [-0.2, 0) is 6.61 Å². The Morgan fingerprint density at radius 2 is 1.61 bits per heavy atom. The van der Waals surface area contributed by atoms with E-state index in [1.54, 1.807) is 57.7 Å². The van der Waals surface area contributed by atoms with Gasteiger partial charge in [0.2, 0.25) is 5.78 Å². The lowest BCUT2D eigenvalue weighted by Crippen LogP contribution is -1.99. The zero-order valence-electron chi connectivity index (χ0n) is 17.5. The van der Waals surface area contributed by atoms with E-state index in [1.807, 2.05) is 30.3 Å². The molecule has 0 N–H and O–H groups in total. The minimum Gasteiger partial charge on any atom is -0.497 e. The van der Waals surface area contributed by atoms with Crippen LogP contribution in [0.2, 0.25) is 0 Å². The fraction of sp³-hybridized carbons (Fsp3) is 0.160. The fourth-order valence-corrected chi connectivity index (χ4v) is 3.32. The molecular weight excluding hydrogens is 396 g/mol. The third-order valence-electron chi connectivity index (χ3n) is 4.96. The molecule has 4 rings (SSSR count). The van der Waals surface area contributed by atoms with E-state index in [2.05, 4.69) is 0 Å². The standard InChI is InChI=1S/C25H22O6/c1-27-18-9-8-16(22(13-18)29-3)12-24-25(26)20-11-10-19(14-23(20)31-24)30-15-17-6-4-5-7-21(17)28-2/h4-14H,15H2,1-3H3/b24-12-. The fourth-order valence-electron chi connectivity index (χ4n) is 3.32. The molecule has 0 amide bonds. The van der Waals surface area contributed by atoms with Gasteiger partial charge in [-0.05, 0) is 36.4 Å². The number of ketones is 1. The lowest BCUT2D eigenvalue weighted by molar-refractivity contribution is 0.101. The molecule has 0 saturated carbocycles. The zero-order chi connectivity index (χ0) is 21.8. The summed E-state index contributed by atoms with van der Waals surface area (Å²) in [5.41, 5.74) is 2.13. The summed E-state index contributed by atoms with van der Waals surface area (Å²) in [6.07, 6.45) is 1.66. The molecule has 6 nitrogen and oxygen atoms in total. The number of fused-ring (bicyclic) bond motifs is 1. The van der Waals surface area contributed by atoms with Gasteiger partial charge < -0.3 is 23.7 Å². The smallest absolute Gasteiger partial charge is 0.231 e. The molecule has 0 fully saturated rings. The Morgan fingerprint density at radius 3 is 2.39 bits per heavy atom. The molecule has 1 aliphatic rings. The van der Waals surface area contributed by atoms with Crippen LogP contribution in [0.25, 0.3) is 6.08 Å². The average Bonchev–Trinajstić information content (AvgIpc) is 3.12. The molecule has 3 aromatic carbocycles. The normalized spacial score (nSPS) is 13.5. The van der Waals surface area contributed by atoms with Crippen LogP contribution >= 0.6 is 0 Å². The van der Waals surface area contributed by atoms with Crippen molar-refractivity contribution in [3.63, 3.8) is 0 Å². The van der Waals surface area contributed by atoms with Gasteiger partial charge in [-0.3, -0.25) is 4.79 Å². The van der Waals surface area contributed by atoms with Gasteiger partial charge in [0.25, 0.3) is 0 Å². The van der Waals surface area contributed by atoms with Gasteiger partial charge in [0, 0.05) is 23.3 Å². The Balaban J connectivity index is 1.54. The van der Waals surface area contributed by atoms with Crippen molar-refractivity contribution < 1.29 is 28.5 Å². The number of carbonyl (C=O) groups is 1. The largest absolute Gasteiger partial charge is 0.497 e. The van der Waals surface area contributed by atoms with Gasteiger partial charge in [-0.25, -0.2) is 0 Å². The number of carbonyl (C=O) groups excluding carboxylic acids is 1. The van der Waals surface area contributed by atoms with Crippen molar-refractivity contribution >= 4 is 11.9 Å². The summed E-state index contributed by atoms with van der Waals surface area (Å²) in [6, 6.07) is 18.2. The molecule has 3 aromatic rings. The highest BCUT2D eigenvalue weighted by atomic mass is 16.5. The highest BCUT2D eigenvalue weighted by molar-refractivity contribution is 6.14. The van der Waals surface area contributed by atoms with Crippen LogP contribution in [0.15, 0.2) is 66.4 Å². The summed E-state index contributed by atoms with van der Waals surface area (Å²) in [6.45, 7) is 0.336. The van der Waals surface area contributed by atoms with Crippen molar-refractivity contribution in [1.29, 1.82) is 0 Å². The predicted molar refractivity (Wildman–Crippen MR) is 116 cm³/mol. The summed E-state index contributed by atoms with van der Waals surface area (Å²) in [7, 11) is 4.77. The van der Waals surface area contributed by atoms with Crippen LogP contribution in [0.4, 0.5) is 0 Å². The molecule has 6 heteroatoms. The van der Waals surface area contributed by atoms with Gasteiger partial charge in [0.15, 0.2) is 5.76 Å². The molecule has 31 heavy (non-hydrogen) atoms. The van der Waals surface area contributed by atoms with E-state index in [9.17, 15) is 4.79 Å². The van der Waals surface area contributed by atoms with Gasteiger partial charge in [0.1, 0.15) is 35.4 Å². The lowest BCUT2D eigenvalue weighted by atomic mass is 10.1. The molecule has 1 heterocycles. The van der Waals surface area contributed by atoms with Crippen LogP contribution in [0.5, 0.6) is 28.7 Å². The quantitative estimate of drug-likeness (QED) is 0.508. The molecule has 0 spiro atoms. The van der Waals surface area contributed by atoms with Crippen molar-refractivity contribution in [1.82, 2.24) is 0 Å². The van der Waals surface area contributed by atoms with Crippen molar-refractivity contribution in [2.24, 2.45) is 0 Å². The first-order valence-electron chi connectivity index (χ1n) is 9.68. The number of para-hydroxylation sites is 1. The first-order valence-corrected chi connectivity index (χ1v) is 9.68. The number of methoxy groups -OCH3 is 3. The molecular formula is C25H22O6. The molecule has 0 unspecified atom stereocenters. The van der Waals surface area contributed by atoms with E-state index in [0.29, 0.717) is 40.7 Å². The maximum atomic E-state index is 12.8. The minimum absolute atomic E-state index is 0.191. The Kier molecular flexibility index (Phi) is 5.80. The van der Waals surface area contributed by atoms with Crippen molar-refractivity contribution in [2.75, 3.05) is 21.3 Å². The highest BCUT2D eigenvalue weighted by Crippen LogP contribution is 2.36. The summed E-state index contributed by atoms with van der Waals surface area (Å²) >= 11 is 0.